The van der Waals surface area contributed by atoms with Crippen molar-refractivity contribution < 1.29 is 14.3 Å². The summed E-state index contributed by atoms with van der Waals surface area (Å²) in [6.45, 7) is 3.54. The highest BCUT2D eigenvalue weighted by Crippen LogP contribution is 2.42. The quantitative estimate of drug-likeness (QED) is 0.751. The number of ether oxygens (including phenoxy) is 2. The van der Waals surface area contributed by atoms with Gasteiger partial charge in [0.1, 0.15) is 0 Å². The summed E-state index contributed by atoms with van der Waals surface area (Å²) in [5, 5.41) is 3.18. The molecule has 4 rings (SSSR count). The van der Waals surface area contributed by atoms with Crippen LogP contribution < -0.4 is 24.6 Å². The highest BCUT2D eigenvalue weighted by Gasteiger charge is 2.39. The molecular formula is C23H29N3O3. The number of benzene rings is 2. The van der Waals surface area contributed by atoms with Crippen LogP contribution in [0.2, 0.25) is 0 Å². The zero-order valence-corrected chi connectivity index (χ0v) is 17.6. The van der Waals surface area contributed by atoms with Crippen molar-refractivity contribution in [1.29, 1.82) is 0 Å². The van der Waals surface area contributed by atoms with Crippen LogP contribution in [0.25, 0.3) is 0 Å². The summed E-state index contributed by atoms with van der Waals surface area (Å²) in [6.07, 6.45) is 2.90. The summed E-state index contributed by atoms with van der Waals surface area (Å²) in [5.74, 6) is 1.31. The molecule has 0 saturated heterocycles. The molecule has 2 aromatic rings. The van der Waals surface area contributed by atoms with Gasteiger partial charge in [0.05, 0.1) is 31.0 Å². The van der Waals surface area contributed by atoms with E-state index >= 15 is 0 Å². The molecule has 2 aromatic carbocycles. The third kappa shape index (κ3) is 3.37. The smallest absolute Gasteiger partial charge is 0.260 e. The molecule has 29 heavy (non-hydrogen) atoms. The predicted octanol–water partition coefficient (Wildman–Crippen LogP) is 3.94. The number of carbonyl (C=O) groups is 1. The van der Waals surface area contributed by atoms with Crippen molar-refractivity contribution in [2.75, 3.05) is 49.5 Å². The number of nitrogens with zero attached hydrogens (tertiary/aromatic N) is 2. The second kappa shape index (κ2) is 7.85. The van der Waals surface area contributed by atoms with Crippen LogP contribution >= 0.6 is 0 Å². The maximum atomic E-state index is 13.6. The second-order valence-electron chi connectivity index (χ2n) is 7.73. The monoisotopic (exact) mass is 395 g/mol. The van der Waals surface area contributed by atoms with Crippen LogP contribution in [0.5, 0.6) is 11.5 Å². The Balaban J connectivity index is 1.74. The lowest BCUT2D eigenvalue weighted by atomic mass is 10.1. The van der Waals surface area contributed by atoms with Crippen molar-refractivity contribution in [1.82, 2.24) is 0 Å². The lowest BCUT2D eigenvalue weighted by Crippen LogP contribution is -2.41. The molecule has 1 amide bonds. The summed E-state index contributed by atoms with van der Waals surface area (Å²) in [6, 6.07) is 10.1. The van der Waals surface area contributed by atoms with E-state index in [1.807, 2.05) is 43.3 Å². The minimum atomic E-state index is 0.0173. The average molecular weight is 396 g/mol. The van der Waals surface area contributed by atoms with E-state index in [1.54, 1.807) is 7.11 Å². The third-order valence-electron chi connectivity index (χ3n) is 5.83. The number of carbonyl (C=O) groups excluding carboxylic acids is 1. The van der Waals surface area contributed by atoms with E-state index in [2.05, 4.69) is 23.2 Å². The van der Waals surface area contributed by atoms with E-state index in [-0.39, 0.29) is 11.9 Å². The van der Waals surface area contributed by atoms with Gasteiger partial charge in [-0.1, -0.05) is 13.3 Å². The molecule has 2 aliphatic heterocycles. The molecule has 0 spiro atoms. The van der Waals surface area contributed by atoms with Crippen molar-refractivity contribution in [3.05, 3.63) is 41.5 Å². The van der Waals surface area contributed by atoms with Gasteiger partial charge < -0.3 is 24.6 Å². The van der Waals surface area contributed by atoms with E-state index in [0.29, 0.717) is 23.7 Å². The minimum absolute atomic E-state index is 0.0173. The van der Waals surface area contributed by atoms with Gasteiger partial charge in [0.25, 0.3) is 5.91 Å². The lowest BCUT2D eigenvalue weighted by molar-refractivity contribution is 0.0983. The Kier molecular flexibility index (Phi) is 5.26. The summed E-state index contributed by atoms with van der Waals surface area (Å²) >= 11 is 0. The molecule has 0 saturated carbocycles. The van der Waals surface area contributed by atoms with Gasteiger partial charge in [-0.25, -0.2) is 0 Å². The summed E-state index contributed by atoms with van der Waals surface area (Å²) in [5.41, 5.74) is 4.82. The molecule has 0 aliphatic carbocycles. The molecule has 0 bridgehead atoms. The van der Waals surface area contributed by atoms with E-state index in [4.69, 9.17) is 9.47 Å². The normalized spacial score (nSPS) is 17.4. The zero-order chi connectivity index (χ0) is 20.5. The molecule has 1 N–H and O–H groups in total. The molecule has 154 valence electrons. The molecule has 2 heterocycles. The fraction of sp³-hybridized carbons (Fsp3) is 0.435. The number of fused-ring (bicyclic) bond motifs is 4. The molecule has 0 radical (unpaired) electrons. The van der Waals surface area contributed by atoms with E-state index in [1.165, 1.54) is 5.56 Å². The van der Waals surface area contributed by atoms with Crippen LogP contribution in [0.15, 0.2) is 30.3 Å². The van der Waals surface area contributed by atoms with Gasteiger partial charge in [0.15, 0.2) is 11.5 Å². The summed E-state index contributed by atoms with van der Waals surface area (Å²) in [7, 11) is 5.57. The third-order valence-corrected chi connectivity index (χ3v) is 5.83. The van der Waals surface area contributed by atoms with Gasteiger partial charge in [-0.3, -0.25) is 4.79 Å². The predicted molar refractivity (Wildman–Crippen MR) is 117 cm³/mol. The SMILES string of the molecule is CCCCOc1cc2c(cc1OC)C(=O)N1c3ccc(NC)cc3C[C@H]1CN2C. The Morgan fingerprint density at radius 2 is 2.00 bits per heavy atom. The van der Waals surface area contributed by atoms with Crippen LogP contribution in [0.3, 0.4) is 0 Å². The fourth-order valence-electron chi connectivity index (χ4n) is 4.28. The van der Waals surface area contributed by atoms with Crippen molar-refractivity contribution in [3.8, 4) is 11.5 Å². The summed E-state index contributed by atoms with van der Waals surface area (Å²) in [4.78, 5) is 17.7. The van der Waals surface area contributed by atoms with Crippen LogP contribution in [0, 0.1) is 0 Å². The highest BCUT2D eigenvalue weighted by molar-refractivity contribution is 6.12. The topological polar surface area (TPSA) is 54.0 Å². The Hall–Kier alpha value is -2.89. The van der Waals surface area contributed by atoms with Crippen molar-refractivity contribution in [3.63, 3.8) is 0 Å². The number of amides is 1. The first-order chi connectivity index (χ1) is 14.1. The number of methoxy groups -OCH3 is 1. The van der Waals surface area contributed by atoms with Crippen LogP contribution in [0.4, 0.5) is 17.1 Å². The van der Waals surface area contributed by atoms with Crippen molar-refractivity contribution in [2.45, 2.75) is 32.2 Å². The molecule has 6 nitrogen and oxygen atoms in total. The maximum Gasteiger partial charge on any atom is 0.260 e. The Labute approximate surface area is 172 Å². The molecule has 0 aromatic heterocycles. The number of anilines is 3. The molecule has 2 aliphatic rings. The molecule has 1 atom stereocenters. The van der Waals surface area contributed by atoms with Crippen LogP contribution in [-0.2, 0) is 6.42 Å². The first kappa shape index (κ1) is 19.4. The number of unbranched alkanes of at least 4 members (excludes halogenated alkanes) is 1. The van der Waals surface area contributed by atoms with Gasteiger partial charge in [0.2, 0.25) is 0 Å². The van der Waals surface area contributed by atoms with Crippen molar-refractivity contribution >= 4 is 23.0 Å². The Morgan fingerprint density at radius 3 is 2.72 bits per heavy atom. The molecule has 6 heteroatoms. The number of rotatable bonds is 6. The number of hydrogen-bond acceptors (Lipinski definition) is 5. The van der Waals surface area contributed by atoms with Crippen LogP contribution in [-0.4, -0.2) is 46.3 Å². The molecule has 0 unspecified atom stereocenters. The fourth-order valence-corrected chi connectivity index (χ4v) is 4.28. The molecular weight excluding hydrogens is 366 g/mol. The number of nitrogens with one attached hydrogen (secondary N) is 1. The maximum absolute atomic E-state index is 13.6. The Morgan fingerprint density at radius 1 is 1.17 bits per heavy atom. The van der Waals surface area contributed by atoms with Crippen molar-refractivity contribution in [2.24, 2.45) is 0 Å². The number of likely N-dealkylation sites (N-methyl/N-ethyl adjacent to an activating group) is 1. The first-order valence-electron chi connectivity index (χ1n) is 10.3. The molecule has 0 fully saturated rings. The van der Waals surface area contributed by atoms with E-state index in [9.17, 15) is 4.79 Å². The van der Waals surface area contributed by atoms with Gasteiger partial charge in [0, 0.05) is 38.1 Å². The minimum Gasteiger partial charge on any atom is -0.493 e. The first-order valence-corrected chi connectivity index (χ1v) is 10.3. The second-order valence-corrected chi connectivity index (χ2v) is 7.73. The Bertz CT molecular complexity index is 928. The van der Waals surface area contributed by atoms with Gasteiger partial charge in [-0.05, 0) is 42.7 Å². The van der Waals surface area contributed by atoms with Crippen LogP contribution in [0.1, 0.15) is 35.7 Å². The van der Waals surface area contributed by atoms with Gasteiger partial charge in [-0.15, -0.1) is 0 Å². The van der Waals surface area contributed by atoms with E-state index < -0.39 is 0 Å². The number of hydrogen-bond donors (Lipinski definition) is 1. The lowest BCUT2D eigenvalue weighted by Gasteiger charge is -2.25. The standard InChI is InChI=1S/C23H29N3O3/c1-5-6-9-29-22-13-20-18(12-21(22)28-4)23(27)26-17(14-25(20)3)11-15-10-16(24-2)7-8-19(15)26/h7-8,10,12-13,17,24H,5-6,9,11,14H2,1-4H3/t17-/m0/s1. The zero-order valence-electron chi connectivity index (χ0n) is 17.6. The summed E-state index contributed by atoms with van der Waals surface area (Å²) < 4.78 is 11.5. The average Bonchev–Trinajstić information content (AvgIpc) is 3.05. The van der Waals surface area contributed by atoms with Gasteiger partial charge >= 0.3 is 0 Å². The largest absolute Gasteiger partial charge is 0.493 e. The highest BCUT2D eigenvalue weighted by atomic mass is 16.5. The van der Waals surface area contributed by atoms with E-state index in [0.717, 1.165) is 42.9 Å². The van der Waals surface area contributed by atoms with Gasteiger partial charge in [-0.2, -0.15) is 0 Å².